The monoisotopic (exact) mass is 403 g/mol. The van der Waals surface area contributed by atoms with Gasteiger partial charge in [-0.1, -0.05) is 41.9 Å². The zero-order chi connectivity index (χ0) is 20.0. The van der Waals surface area contributed by atoms with E-state index in [0.717, 1.165) is 33.3 Å². The molecule has 1 atom stereocenters. The van der Waals surface area contributed by atoms with E-state index in [1.54, 1.807) is 7.11 Å². The molecule has 0 saturated heterocycles. The third-order valence-electron chi connectivity index (χ3n) is 5.29. The number of rotatable bonds is 2. The standard InChI is InChI=1S/C24H18ClNO3/c1-28-24-18(20-9-6-14-12-16(25)7-10-19(14)26-20)8-11-21-22(24)23(27)17-5-3-2-4-15(17)13-29-21/h2-12,23,27H,13H2,1H3. The van der Waals surface area contributed by atoms with Gasteiger partial charge in [0.15, 0.2) is 0 Å². The number of hydrogen-bond donors (Lipinski definition) is 1. The van der Waals surface area contributed by atoms with Gasteiger partial charge in [0.25, 0.3) is 0 Å². The molecule has 0 spiro atoms. The first-order valence-corrected chi connectivity index (χ1v) is 9.70. The number of hydrogen-bond acceptors (Lipinski definition) is 4. The van der Waals surface area contributed by atoms with E-state index in [1.165, 1.54) is 0 Å². The van der Waals surface area contributed by atoms with E-state index >= 15 is 0 Å². The Kier molecular flexibility index (Phi) is 4.38. The van der Waals surface area contributed by atoms with Crippen LogP contribution in [0.4, 0.5) is 0 Å². The Morgan fingerprint density at radius 3 is 2.79 bits per heavy atom. The number of nitrogens with zero attached hydrogens (tertiary/aromatic N) is 1. The summed E-state index contributed by atoms with van der Waals surface area (Å²) in [7, 11) is 1.60. The fourth-order valence-corrected chi connectivity index (χ4v) is 4.06. The normalized spacial score (nSPS) is 15.2. The van der Waals surface area contributed by atoms with E-state index in [0.29, 0.717) is 28.7 Å². The number of benzene rings is 3. The van der Waals surface area contributed by atoms with E-state index in [2.05, 4.69) is 0 Å². The molecule has 0 fully saturated rings. The van der Waals surface area contributed by atoms with Crippen molar-refractivity contribution in [2.75, 3.05) is 7.11 Å². The largest absolute Gasteiger partial charge is 0.495 e. The molecule has 4 aromatic rings. The first-order chi connectivity index (χ1) is 14.2. The Labute approximate surface area is 173 Å². The van der Waals surface area contributed by atoms with Crippen molar-refractivity contribution in [3.8, 4) is 22.8 Å². The van der Waals surface area contributed by atoms with Crippen molar-refractivity contribution in [3.63, 3.8) is 0 Å². The van der Waals surface area contributed by atoms with Crippen LogP contribution in [-0.2, 0) is 6.61 Å². The van der Waals surface area contributed by atoms with Crippen LogP contribution >= 0.6 is 11.6 Å². The van der Waals surface area contributed by atoms with Crippen LogP contribution in [0.25, 0.3) is 22.2 Å². The Hall–Kier alpha value is -3.08. The van der Waals surface area contributed by atoms with Crippen LogP contribution in [-0.4, -0.2) is 17.2 Å². The van der Waals surface area contributed by atoms with Gasteiger partial charge in [-0.25, -0.2) is 4.98 Å². The number of aliphatic hydroxyl groups excluding tert-OH is 1. The first-order valence-electron chi connectivity index (χ1n) is 9.32. The number of pyridine rings is 1. The Bertz CT molecular complexity index is 1240. The fourth-order valence-electron chi connectivity index (χ4n) is 3.88. The lowest BCUT2D eigenvalue weighted by atomic mass is 9.94. The zero-order valence-corrected chi connectivity index (χ0v) is 16.5. The Morgan fingerprint density at radius 2 is 1.93 bits per heavy atom. The zero-order valence-electron chi connectivity index (χ0n) is 15.7. The molecule has 0 saturated carbocycles. The van der Waals surface area contributed by atoms with Crippen molar-refractivity contribution in [2.24, 2.45) is 0 Å². The van der Waals surface area contributed by atoms with E-state index in [9.17, 15) is 5.11 Å². The SMILES string of the molecule is COc1c(-c2ccc3cc(Cl)ccc3n2)ccc2c1C(O)c1ccccc1CO2. The summed E-state index contributed by atoms with van der Waals surface area (Å²) in [5.41, 5.74) is 4.79. The molecule has 0 aliphatic carbocycles. The topological polar surface area (TPSA) is 51.6 Å². The van der Waals surface area contributed by atoms with E-state index in [-0.39, 0.29) is 0 Å². The fraction of sp³-hybridized carbons (Fsp3) is 0.125. The van der Waals surface area contributed by atoms with Gasteiger partial charge in [0.1, 0.15) is 24.2 Å². The molecule has 0 radical (unpaired) electrons. The molecule has 29 heavy (non-hydrogen) atoms. The predicted molar refractivity (Wildman–Crippen MR) is 114 cm³/mol. The van der Waals surface area contributed by atoms with Crippen LogP contribution < -0.4 is 9.47 Å². The molecule has 0 bridgehead atoms. The summed E-state index contributed by atoms with van der Waals surface area (Å²) in [6, 6.07) is 21.1. The number of methoxy groups -OCH3 is 1. The highest BCUT2D eigenvalue weighted by Gasteiger charge is 2.28. The lowest BCUT2D eigenvalue weighted by Gasteiger charge is -2.19. The van der Waals surface area contributed by atoms with Crippen molar-refractivity contribution in [2.45, 2.75) is 12.7 Å². The van der Waals surface area contributed by atoms with Crippen LogP contribution in [0, 0.1) is 0 Å². The summed E-state index contributed by atoms with van der Waals surface area (Å²) < 4.78 is 11.8. The maximum Gasteiger partial charge on any atom is 0.138 e. The molecule has 1 unspecified atom stereocenters. The molecule has 1 aliphatic rings. The van der Waals surface area contributed by atoms with Gasteiger partial charge in [0.05, 0.1) is 23.9 Å². The summed E-state index contributed by atoms with van der Waals surface area (Å²) in [5.74, 6) is 1.18. The maximum absolute atomic E-state index is 11.2. The lowest BCUT2D eigenvalue weighted by Crippen LogP contribution is -2.05. The minimum Gasteiger partial charge on any atom is -0.495 e. The number of halogens is 1. The van der Waals surface area contributed by atoms with Crippen LogP contribution in [0.15, 0.2) is 66.7 Å². The molecule has 144 valence electrons. The predicted octanol–water partition coefficient (Wildman–Crippen LogP) is 5.54. The minimum atomic E-state index is -0.849. The number of ether oxygens (including phenoxy) is 2. The van der Waals surface area contributed by atoms with Gasteiger partial charge >= 0.3 is 0 Å². The van der Waals surface area contributed by atoms with Crippen LogP contribution in [0.5, 0.6) is 11.5 Å². The summed E-state index contributed by atoms with van der Waals surface area (Å²) >= 11 is 6.09. The van der Waals surface area contributed by atoms with Crippen molar-refractivity contribution < 1.29 is 14.6 Å². The van der Waals surface area contributed by atoms with Crippen molar-refractivity contribution in [3.05, 3.63) is 88.4 Å². The van der Waals surface area contributed by atoms with Crippen molar-refractivity contribution in [1.29, 1.82) is 0 Å². The smallest absolute Gasteiger partial charge is 0.138 e. The minimum absolute atomic E-state index is 0.401. The molecule has 5 rings (SSSR count). The average Bonchev–Trinajstić information content (AvgIpc) is 2.90. The van der Waals surface area contributed by atoms with Crippen LogP contribution in [0.3, 0.4) is 0 Å². The van der Waals surface area contributed by atoms with Gasteiger partial charge in [0.2, 0.25) is 0 Å². The quantitative estimate of drug-likeness (QED) is 0.477. The second kappa shape index (κ2) is 7.07. The molecule has 0 amide bonds. The van der Waals surface area contributed by atoms with Gasteiger partial charge in [-0.05, 0) is 47.5 Å². The molecule has 4 nitrogen and oxygen atoms in total. The van der Waals surface area contributed by atoms with E-state index in [4.69, 9.17) is 26.1 Å². The number of aliphatic hydroxyl groups is 1. The molecule has 1 aliphatic heterocycles. The van der Waals surface area contributed by atoms with Gasteiger partial charge < -0.3 is 14.6 Å². The molecular weight excluding hydrogens is 386 g/mol. The summed E-state index contributed by atoms with van der Waals surface area (Å²) in [6.07, 6.45) is -0.849. The molecule has 2 heterocycles. The van der Waals surface area contributed by atoms with Gasteiger partial charge in [-0.15, -0.1) is 0 Å². The maximum atomic E-state index is 11.2. The lowest BCUT2D eigenvalue weighted by molar-refractivity contribution is 0.212. The van der Waals surface area contributed by atoms with E-state index < -0.39 is 6.10 Å². The highest BCUT2D eigenvalue weighted by molar-refractivity contribution is 6.31. The van der Waals surface area contributed by atoms with Crippen molar-refractivity contribution in [1.82, 2.24) is 4.98 Å². The third kappa shape index (κ3) is 3.01. The highest BCUT2D eigenvalue weighted by Crippen LogP contribution is 2.45. The summed E-state index contributed by atoms with van der Waals surface area (Å²) in [4.78, 5) is 4.78. The van der Waals surface area contributed by atoms with Crippen LogP contribution in [0.2, 0.25) is 5.02 Å². The molecule has 1 aromatic heterocycles. The van der Waals surface area contributed by atoms with Gasteiger partial charge in [-0.3, -0.25) is 0 Å². The first kappa shape index (κ1) is 18.0. The van der Waals surface area contributed by atoms with Crippen LogP contribution in [0.1, 0.15) is 22.8 Å². The Morgan fingerprint density at radius 1 is 1.07 bits per heavy atom. The second-order valence-electron chi connectivity index (χ2n) is 6.98. The number of aromatic nitrogens is 1. The molecule has 5 heteroatoms. The van der Waals surface area contributed by atoms with Gasteiger partial charge in [-0.2, -0.15) is 0 Å². The Balaban J connectivity index is 1.70. The number of fused-ring (bicyclic) bond motifs is 3. The molecule has 3 aromatic carbocycles. The average molecular weight is 404 g/mol. The second-order valence-corrected chi connectivity index (χ2v) is 7.42. The summed E-state index contributed by atoms with van der Waals surface area (Å²) in [5, 5.41) is 12.8. The van der Waals surface area contributed by atoms with Crippen molar-refractivity contribution >= 4 is 22.5 Å². The highest BCUT2D eigenvalue weighted by atomic mass is 35.5. The molecule has 1 N–H and O–H groups in total. The summed E-state index contributed by atoms with van der Waals surface area (Å²) in [6.45, 7) is 0.401. The molecular formula is C24H18ClNO3. The van der Waals surface area contributed by atoms with Gasteiger partial charge in [0, 0.05) is 16.0 Å². The van der Waals surface area contributed by atoms with E-state index in [1.807, 2.05) is 66.7 Å². The third-order valence-corrected chi connectivity index (χ3v) is 5.53.